The van der Waals surface area contributed by atoms with Crippen LogP contribution in [0.3, 0.4) is 0 Å². The van der Waals surface area contributed by atoms with Gasteiger partial charge < -0.3 is 14.3 Å². The maximum atomic E-state index is 14.0. The number of hydrogen-bond donors (Lipinski definition) is 1. The average molecular weight is 355 g/mol. The molecule has 1 N–H and O–H groups in total. The topological polar surface area (TPSA) is 45.8 Å². The van der Waals surface area contributed by atoms with Crippen LogP contribution in [-0.2, 0) is 13.1 Å². The molecular formula is C21H22FNO3. The first-order valence-electron chi connectivity index (χ1n) is 8.55. The predicted octanol–water partition coefficient (Wildman–Crippen LogP) is 3.86. The second kappa shape index (κ2) is 9.17. The van der Waals surface area contributed by atoms with Crippen molar-refractivity contribution in [1.29, 1.82) is 0 Å². The molecule has 136 valence electrons. The van der Waals surface area contributed by atoms with Gasteiger partial charge in [-0.3, -0.25) is 4.90 Å². The highest BCUT2D eigenvalue weighted by Crippen LogP contribution is 2.15. The first-order valence-corrected chi connectivity index (χ1v) is 8.55. The maximum absolute atomic E-state index is 14.0. The summed E-state index contributed by atoms with van der Waals surface area (Å²) in [5.41, 5.74) is 0.579. The quantitative estimate of drug-likeness (QED) is 0.633. The molecule has 0 aliphatic rings. The molecule has 0 amide bonds. The van der Waals surface area contributed by atoms with Gasteiger partial charge in [-0.1, -0.05) is 36.4 Å². The van der Waals surface area contributed by atoms with Gasteiger partial charge in [0.05, 0.1) is 12.8 Å². The molecule has 0 radical (unpaired) electrons. The SMILES string of the molecule is O[C@H](COc1ccccc1)CN(Cc1ccco1)Cc1ccccc1F. The van der Waals surface area contributed by atoms with E-state index in [-0.39, 0.29) is 12.4 Å². The monoisotopic (exact) mass is 355 g/mol. The zero-order valence-electron chi connectivity index (χ0n) is 14.4. The van der Waals surface area contributed by atoms with Crippen LogP contribution < -0.4 is 4.74 Å². The fourth-order valence-electron chi connectivity index (χ4n) is 2.74. The molecule has 26 heavy (non-hydrogen) atoms. The summed E-state index contributed by atoms with van der Waals surface area (Å²) in [5, 5.41) is 10.4. The van der Waals surface area contributed by atoms with Gasteiger partial charge in [-0.2, -0.15) is 0 Å². The van der Waals surface area contributed by atoms with Gasteiger partial charge >= 0.3 is 0 Å². The summed E-state index contributed by atoms with van der Waals surface area (Å²) in [4.78, 5) is 1.94. The number of furan rings is 1. The molecule has 0 bridgehead atoms. The molecule has 4 nitrogen and oxygen atoms in total. The number of halogens is 1. The molecule has 0 unspecified atom stereocenters. The molecule has 0 fully saturated rings. The summed E-state index contributed by atoms with van der Waals surface area (Å²) in [7, 11) is 0. The summed E-state index contributed by atoms with van der Waals surface area (Å²) in [6.07, 6.45) is 0.892. The molecule has 0 aliphatic carbocycles. The lowest BCUT2D eigenvalue weighted by Crippen LogP contribution is -2.35. The van der Waals surface area contributed by atoms with E-state index in [9.17, 15) is 9.50 Å². The largest absolute Gasteiger partial charge is 0.491 e. The minimum Gasteiger partial charge on any atom is -0.491 e. The van der Waals surface area contributed by atoms with E-state index < -0.39 is 6.10 Å². The van der Waals surface area contributed by atoms with Crippen molar-refractivity contribution in [3.63, 3.8) is 0 Å². The Morgan fingerprint density at radius 2 is 1.73 bits per heavy atom. The fourth-order valence-corrected chi connectivity index (χ4v) is 2.74. The van der Waals surface area contributed by atoms with Crippen LogP contribution in [0.15, 0.2) is 77.4 Å². The van der Waals surface area contributed by atoms with Crippen LogP contribution in [0, 0.1) is 5.82 Å². The first-order chi connectivity index (χ1) is 12.7. The van der Waals surface area contributed by atoms with Gasteiger partial charge in [0.15, 0.2) is 0 Å². The zero-order valence-corrected chi connectivity index (χ0v) is 14.4. The molecule has 1 aromatic heterocycles. The van der Waals surface area contributed by atoms with Crippen molar-refractivity contribution in [2.45, 2.75) is 19.2 Å². The lowest BCUT2D eigenvalue weighted by atomic mass is 10.2. The second-order valence-electron chi connectivity index (χ2n) is 6.12. The van der Waals surface area contributed by atoms with E-state index >= 15 is 0 Å². The molecule has 1 atom stereocenters. The molecule has 1 heterocycles. The van der Waals surface area contributed by atoms with Crippen molar-refractivity contribution in [2.75, 3.05) is 13.2 Å². The highest BCUT2D eigenvalue weighted by molar-refractivity contribution is 5.21. The third kappa shape index (κ3) is 5.44. The predicted molar refractivity (Wildman–Crippen MR) is 97.2 cm³/mol. The molecule has 0 saturated carbocycles. The van der Waals surface area contributed by atoms with Crippen LogP contribution in [0.2, 0.25) is 0 Å². The van der Waals surface area contributed by atoms with Crippen molar-refractivity contribution in [3.05, 3.63) is 90.1 Å². The summed E-state index contributed by atoms with van der Waals surface area (Å²) in [5.74, 6) is 1.21. The van der Waals surface area contributed by atoms with E-state index in [1.165, 1.54) is 6.07 Å². The van der Waals surface area contributed by atoms with Crippen molar-refractivity contribution in [1.82, 2.24) is 4.90 Å². The van der Waals surface area contributed by atoms with Crippen LogP contribution in [0.4, 0.5) is 4.39 Å². The Labute approximate surface area is 152 Å². The van der Waals surface area contributed by atoms with Crippen LogP contribution in [0.1, 0.15) is 11.3 Å². The first kappa shape index (κ1) is 18.2. The highest BCUT2D eigenvalue weighted by atomic mass is 19.1. The van der Waals surface area contributed by atoms with Gasteiger partial charge in [-0.25, -0.2) is 4.39 Å². The Morgan fingerprint density at radius 1 is 0.962 bits per heavy atom. The van der Waals surface area contributed by atoms with Gasteiger partial charge in [0.2, 0.25) is 0 Å². The molecule has 5 heteroatoms. The smallest absolute Gasteiger partial charge is 0.127 e. The van der Waals surface area contributed by atoms with Crippen LogP contribution in [-0.4, -0.2) is 29.3 Å². The minimum atomic E-state index is -0.711. The number of aliphatic hydroxyl groups is 1. The Balaban J connectivity index is 1.61. The van der Waals surface area contributed by atoms with Gasteiger partial charge in [0.25, 0.3) is 0 Å². The van der Waals surface area contributed by atoms with Gasteiger partial charge in [-0.05, 0) is 30.3 Å². The molecule has 0 spiro atoms. The highest BCUT2D eigenvalue weighted by Gasteiger charge is 2.16. The lowest BCUT2D eigenvalue weighted by molar-refractivity contribution is 0.0601. The summed E-state index contributed by atoms with van der Waals surface area (Å²) >= 11 is 0. The van der Waals surface area contributed by atoms with E-state index in [4.69, 9.17) is 9.15 Å². The number of aliphatic hydroxyl groups excluding tert-OH is 1. The Morgan fingerprint density at radius 3 is 2.46 bits per heavy atom. The number of para-hydroxylation sites is 1. The molecule has 0 aliphatic heterocycles. The van der Waals surface area contributed by atoms with Gasteiger partial charge in [-0.15, -0.1) is 0 Å². The normalized spacial score (nSPS) is 12.3. The van der Waals surface area contributed by atoms with E-state index in [2.05, 4.69) is 0 Å². The summed E-state index contributed by atoms with van der Waals surface area (Å²) in [6, 6.07) is 19.7. The number of benzene rings is 2. The molecule has 0 saturated heterocycles. The average Bonchev–Trinajstić information content (AvgIpc) is 3.16. The lowest BCUT2D eigenvalue weighted by Gasteiger charge is -2.24. The second-order valence-corrected chi connectivity index (χ2v) is 6.12. The Hall–Kier alpha value is -2.63. The van der Waals surface area contributed by atoms with Crippen LogP contribution in [0.5, 0.6) is 5.75 Å². The summed E-state index contributed by atoms with van der Waals surface area (Å²) in [6.45, 7) is 1.34. The third-order valence-electron chi connectivity index (χ3n) is 3.97. The van der Waals surface area contributed by atoms with Gasteiger partial charge in [0, 0.05) is 18.7 Å². The number of ether oxygens (including phenoxy) is 1. The van der Waals surface area contributed by atoms with E-state index in [1.807, 2.05) is 47.4 Å². The van der Waals surface area contributed by atoms with E-state index in [0.717, 1.165) is 5.76 Å². The Bertz CT molecular complexity index is 777. The minimum absolute atomic E-state index is 0.163. The number of hydrogen-bond acceptors (Lipinski definition) is 4. The number of rotatable bonds is 9. The van der Waals surface area contributed by atoms with Crippen molar-refractivity contribution in [2.24, 2.45) is 0 Å². The van der Waals surface area contributed by atoms with Gasteiger partial charge in [0.1, 0.15) is 30.0 Å². The fraction of sp³-hybridized carbons (Fsp3) is 0.238. The third-order valence-corrected chi connectivity index (χ3v) is 3.97. The standard InChI is InChI=1S/C21H22FNO3/c22-21-11-5-4-7-17(21)13-23(15-20-10-6-12-25-20)14-18(24)16-26-19-8-2-1-3-9-19/h1-12,18,24H,13-16H2/t18-/m0/s1. The van der Waals surface area contributed by atoms with Crippen molar-refractivity contribution < 1.29 is 18.7 Å². The van der Waals surface area contributed by atoms with Crippen molar-refractivity contribution >= 4 is 0 Å². The number of nitrogens with zero attached hydrogens (tertiary/aromatic N) is 1. The zero-order chi connectivity index (χ0) is 18.2. The molecular weight excluding hydrogens is 333 g/mol. The van der Waals surface area contributed by atoms with E-state index in [1.54, 1.807) is 24.5 Å². The Kier molecular flexibility index (Phi) is 6.41. The van der Waals surface area contributed by atoms with Crippen LogP contribution in [0.25, 0.3) is 0 Å². The van der Waals surface area contributed by atoms with Crippen LogP contribution >= 0.6 is 0 Å². The van der Waals surface area contributed by atoms with E-state index in [0.29, 0.717) is 30.9 Å². The molecule has 2 aromatic carbocycles. The molecule has 3 aromatic rings. The van der Waals surface area contributed by atoms with Crippen molar-refractivity contribution in [3.8, 4) is 5.75 Å². The molecule has 3 rings (SSSR count). The summed E-state index contributed by atoms with van der Waals surface area (Å²) < 4.78 is 25.0. The maximum Gasteiger partial charge on any atom is 0.127 e.